The maximum absolute atomic E-state index is 6.00. The molecule has 3 N–H and O–H groups in total. The van der Waals surface area contributed by atoms with Crippen LogP contribution >= 0.6 is 0 Å². The van der Waals surface area contributed by atoms with Crippen molar-refractivity contribution in [2.75, 3.05) is 18.0 Å². The summed E-state index contributed by atoms with van der Waals surface area (Å²) in [6.07, 6.45) is 10.3. The molecule has 0 radical (unpaired) electrons. The minimum Gasteiger partial charge on any atom is -0.340 e. The number of H-pyrrole nitrogens is 1. The number of nitrogens with two attached hydrogens (primary N) is 1. The molecule has 1 aromatic rings. The number of nitrogens with one attached hydrogen (secondary N) is 1. The lowest BCUT2D eigenvalue weighted by Gasteiger charge is -2.32. The van der Waals surface area contributed by atoms with Crippen molar-refractivity contribution in [2.45, 2.75) is 64.3 Å². The van der Waals surface area contributed by atoms with E-state index in [9.17, 15) is 0 Å². The van der Waals surface area contributed by atoms with Gasteiger partial charge in [0.25, 0.3) is 0 Å². The van der Waals surface area contributed by atoms with Gasteiger partial charge >= 0.3 is 0 Å². The summed E-state index contributed by atoms with van der Waals surface area (Å²) in [5.74, 6) is 3.52. The molecule has 0 aromatic carbocycles. The first-order valence-corrected chi connectivity index (χ1v) is 8.64. The first kappa shape index (κ1) is 14.8. The fraction of sp³-hybridized carbons (Fsp3) is 0.875. The van der Waals surface area contributed by atoms with Gasteiger partial charge in [0.15, 0.2) is 0 Å². The number of aromatic amines is 1. The number of hydrogen-bond donors (Lipinski definition) is 2. The van der Waals surface area contributed by atoms with Crippen molar-refractivity contribution in [1.29, 1.82) is 0 Å². The molecule has 1 aromatic heterocycles. The standard InChI is InChI=1S/C16H29N5/c1-12(17)14-8-10-21(11-9-14)16-18-15(19-20-16)7-6-13-4-2-3-5-13/h12-14H,2-11,17H2,1H3,(H,18,19,20). The summed E-state index contributed by atoms with van der Waals surface area (Å²) in [6.45, 7) is 4.19. The number of rotatable bonds is 5. The van der Waals surface area contributed by atoms with E-state index in [1.807, 2.05) is 0 Å². The average Bonchev–Trinajstić information content (AvgIpc) is 3.17. The SMILES string of the molecule is CC(N)C1CCN(c2n[nH]c(CCC3CCCC3)n2)CC1. The Hall–Kier alpha value is -1.10. The number of aryl methyl sites for hydroxylation is 1. The van der Waals surface area contributed by atoms with Crippen LogP contribution in [0.2, 0.25) is 0 Å². The van der Waals surface area contributed by atoms with Crippen molar-refractivity contribution >= 4 is 5.95 Å². The third kappa shape index (κ3) is 3.76. The first-order chi connectivity index (χ1) is 10.2. The molecule has 1 unspecified atom stereocenters. The zero-order chi connectivity index (χ0) is 14.7. The van der Waals surface area contributed by atoms with Gasteiger partial charge < -0.3 is 10.6 Å². The van der Waals surface area contributed by atoms with Crippen molar-refractivity contribution in [3.05, 3.63) is 5.82 Å². The molecule has 5 nitrogen and oxygen atoms in total. The molecule has 1 aliphatic carbocycles. The van der Waals surface area contributed by atoms with Gasteiger partial charge in [0, 0.05) is 25.6 Å². The monoisotopic (exact) mass is 291 g/mol. The minimum atomic E-state index is 0.307. The van der Waals surface area contributed by atoms with Gasteiger partial charge in [-0.05, 0) is 38.0 Å². The summed E-state index contributed by atoms with van der Waals surface area (Å²) in [5, 5.41) is 7.55. The molecule has 0 amide bonds. The lowest BCUT2D eigenvalue weighted by atomic mass is 9.91. The minimum absolute atomic E-state index is 0.307. The number of piperidine rings is 1. The van der Waals surface area contributed by atoms with Crippen LogP contribution in [-0.2, 0) is 6.42 Å². The van der Waals surface area contributed by atoms with Gasteiger partial charge in [-0.25, -0.2) is 0 Å². The second-order valence-electron chi connectivity index (χ2n) is 6.95. The van der Waals surface area contributed by atoms with Crippen LogP contribution in [0.1, 0.15) is 57.7 Å². The molecule has 118 valence electrons. The van der Waals surface area contributed by atoms with Gasteiger partial charge in [0.2, 0.25) is 5.95 Å². The Kier molecular flexibility index (Phi) is 4.78. The Morgan fingerprint density at radius 2 is 1.95 bits per heavy atom. The van der Waals surface area contributed by atoms with Crippen molar-refractivity contribution in [2.24, 2.45) is 17.6 Å². The van der Waals surface area contributed by atoms with Gasteiger partial charge in [-0.1, -0.05) is 25.7 Å². The van der Waals surface area contributed by atoms with E-state index >= 15 is 0 Å². The predicted molar refractivity (Wildman–Crippen MR) is 85.2 cm³/mol. The summed E-state index contributed by atoms with van der Waals surface area (Å²) in [5.41, 5.74) is 6.00. The lowest BCUT2D eigenvalue weighted by Crippen LogP contribution is -2.40. The van der Waals surface area contributed by atoms with E-state index in [1.54, 1.807) is 0 Å². The Morgan fingerprint density at radius 1 is 1.24 bits per heavy atom. The highest BCUT2D eigenvalue weighted by molar-refractivity contribution is 5.29. The van der Waals surface area contributed by atoms with Crippen molar-refractivity contribution < 1.29 is 0 Å². The fourth-order valence-corrected chi connectivity index (χ4v) is 3.80. The molecule has 2 heterocycles. The third-order valence-electron chi connectivity index (χ3n) is 5.35. The van der Waals surface area contributed by atoms with E-state index in [2.05, 4.69) is 22.0 Å². The van der Waals surface area contributed by atoms with Crippen LogP contribution in [0.5, 0.6) is 0 Å². The molecule has 2 aliphatic rings. The highest BCUT2D eigenvalue weighted by Gasteiger charge is 2.24. The maximum atomic E-state index is 6.00. The van der Waals surface area contributed by atoms with E-state index in [0.29, 0.717) is 12.0 Å². The second-order valence-corrected chi connectivity index (χ2v) is 6.95. The maximum Gasteiger partial charge on any atom is 0.244 e. The zero-order valence-electron chi connectivity index (χ0n) is 13.2. The zero-order valence-corrected chi connectivity index (χ0v) is 13.2. The topological polar surface area (TPSA) is 70.8 Å². The van der Waals surface area contributed by atoms with E-state index < -0.39 is 0 Å². The Balaban J connectivity index is 1.48. The predicted octanol–water partition coefficient (Wildman–Crippen LogP) is 2.49. The lowest BCUT2D eigenvalue weighted by molar-refractivity contribution is 0.352. The summed E-state index contributed by atoms with van der Waals surface area (Å²) in [4.78, 5) is 6.99. The van der Waals surface area contributed by atoms with Crippen LogP contribution in [0.3, 0.4) is 0 Å². The second kappa shape index (κ2) is 6.77. The number of hydrogen-bond acceptors (Lipinski definition) is 4. The van der Waals surface area contributed by atoms with Gasteiger partial charge in [-0.15, -0.1) is 5.10 Å². The molecule has 3 rings (SSSR count). The van der Waals surface area contributed by atoms with E-state index in [1.165, 1.54) is 32.1 Å². The summed E-state index contributed by atoms with van der Waals surface area (Å²) < 4.78 is 0. The Labute approximate surface area is 127 Å². The average molecular weight is 291 g/mol. The molecule has 1 saturated heterocycles. The highest BCUT2D eigenvalue weighted by atomic mass is 15.4. The highest BCUT2D eigenvalue weighted by Crippen LogP contribution is 2.28. The van der Waals surface area contributed by atoms with Crippen LogP contribution in [-0.4, -0.2) is 34.3 Å². The largest absolute Gasteiger partial charge is 0.340 e. The van der Waals surface area contributed by atoms with E-state index in [0.717, 1.165) is 50.0 Å². The molecule has 2 fully saturated rings. The van der Waals surface area contributed by atoms with Crippen LogP contribution in [0.15, 0.2) is 0 Å². The summed E-state index contributed by atoms with van der Waals surface area (Å²) in [7, 11) is 0. The smallest absolute Gasteiger partial charge is 0.244 e. The van der Waals surface area contributed by atoms with Crippen LogP contribution in [0.4, 0.5) is 5.95 Å². The van der Waals surface area contributed by atoms with E-state index in [-0.39, 0.29) is 0 Å². The quantitative estimate of drug-likeness (QED) is 0.874. The molecular weight excluding hydrogens is 262 g/mol. The van der Waals surface area contributed by atoms with Crippen molar-refractivity contribution in [3.63, 3.8) is 0 Å². The Bertz CT molecular complexity index is 428. The molecular formula is C16H29N5. The molecule has 1 atom stereocenters. The van der Waals surface area contributed by atoms with Gasteiger partial charge in [0.05, 0.1) is 0 Å². The normalized spacial score (nSPS) is 22.9. The fourth-order valence-electron chi connectivity index (χ4n) is 3.80. The van der Waals surface area contributed by atoms with E-state index in [4.69, 9.17) is 10.7 Å². The third-order valence-corrected chi connectivity index (χ3v) is 5.35. The molecule has 5 heteroatoms. The van der Waals surface area contributed by atoms with Crippen LogP contribution in [0, 0.1) is 11.8 Å². The number of anilines is 1. The molecule has 1 saturated carbocycles. The molecule has 1 aliphatic heterocycles. The summed E-state index contributed by atoms with van der Waals surface area (Å²) >= 11 is 0. The molecule has 0 spiro atoms. The van der Waals surface area contributed by atoms with Crippen LogP contribution < -0.4 is 10.6 Å². The van der Waals surface area contributed by atoms with Gasteiger partial charge in [0.1, 0.15) is 5.82 Å². The number of nitrogens with zero attached hydrogens (tertiary/aromatic N) is 3. The molecule has 0 bridgehead atoms. The van der Waals surface area contributed by atoms with Crippen LogP contribution in [0.25, 0.3) is 0 Å². The first-order valence-electron chi connectivity index (χ1n) is 8.64. The van der Waals surface area contributed by atoms with Crippen molar-refractivity contribution in [1.82, 2.24) is 15.2 Å². The summed E-state index contributed by atoms with van der Waals surface area (Å²) in [6, 6.07) is 0.307. The Morgan fingerprint density at radius 3 is 2.62 bits per heavy atom. The number of aromatic nitrogens is 3. The molecule has 21 heavy (non-hydrogen) atoms. The van der Waals surface area contributed by atoms with Crippen molar-refractivity contribution in [3.8, 4) is 0 Å². The van der Waals surface area contributed by atoms with Gasteiger partial charge in [-0.2, -0.15) is 4.98 Å². The van der Waals surface area contributed by atoms with Gasteiger partial charge in [-0.3, -0.25) is 5.10 Å².